The van der Waals surface area contributed by atoms with Gasteiger partial charge < -0.3 is 11.1 Å². The van der Waals surface area contributed by atoms with Gasteiger partial charge in [-0.1, -0.05) is 38.1 Å². The van der Waals surface area contributed by atoms with Gasteiger partial charge in [0.2, 0.25) is 5.91 Å². The molecule has 1 atom stereocenters. The fourth-order valence-electron chi connectivity index (χ4n) is 2.93. The number of aryl methyl sites for hydroxylation is 2. The summed E-state index contributed by atoms with van der Waals surface area (Å²) in [5, 5.41) is 18.0. The maximum Gasteiger partial charge on any atom is 0.312 e. The summed E-state index contributed by atoms with van der Waals surface area (Å²) in [7, 11) is 0. The molecule has 1 unspecified atom stereocenters. The average molecular weight is 410 g/mol. The molecule has 154 valence electrons. The molecule has 3 N–H and O–H groups in total. The SMILES string of the molecule is Cc1nn(CCC(=O)NCC(N)c2ccc(C(C)C)cc2)c(C)c1[N+](=O)[O-].Cl. The topological polar surface area (TPSA) is 116 Å². The minimum Gasteiger partial charge on any atom is -0.354 e. The van der Waals surface area contributed by atoms with Crippen molar-refractivity contribution in [2.24, 2.45) is 5.73 Å². The molecule has 0 saturated heterocycles. The van der Waals surface area contributed by atoms with Gasteiger partial charge in [-0.15, -0.1) is 12.4 Å². The Bertz CT molecular complexity index is 818. The molecule has 1 aromatic heterocycles. The molecule has 0 fully saturated rings. The number of aromatic nitrogens is 2. The Labute approximate surface area is 171 Å². The molecular formula is C19H28ClN5O3. The van der Waals surface area contributed by atoms with Crippen molar-refractivity contribution in [1.82, 2.24) is 15.1 Å². The second-order valence-corrected chi connectivity index (χ2v) is 6.98. The van der Waals surface area contributed by atoms with Gasteiger partial charge >= 0.3 is 5.69 Å². The Hall–Kier alpha value is -2.45. The number of hydrogen-bond acceptors (Lipinski definition) is 5. The first-order valence-electron chi connectivity index (χ1n) is 9.01. The number of nitro groups is 1. The van der Waals surface area contributed by atoms with E-state index in [1.165, 1.54) is 10.2 Å². The van der Waals surface area contributed by atoms with Gasteiger partial charge in [-0.05, 0) is 30.9 Å². The fraction of sp³-hybridized carbons (Fsp3) is 0.474. The first-order chi connectivity index (χ1) is 12.7. The monoisotopic (exact) mass is 409 g/mol. The molecule has 0 bridgehead atoms. The van der Waals surface area contributed by atoms with Crippen LogP contribution in [0.4, 0.5) is 5.69 Å². The quantitative estimate of drug-likeness (QED) is 0.513. The molecule has 0 spiro atoms. The van der Waals surface area contributed by atoms with Gasteiger partial charge in [-0.3, -0.25) is 19.6 Å². The van der Waals surface area contributed by atoms with Crippen LogP contribution in [0.2, 0.25) is 0 Å². The van der Waals surface area contributed by atoms with Crippen molar-refractivity contribution < 1.29 is 9.72 Å². The average Bonchev–Trinajstić information content (AvgIpc) is 2.91. The second kappa shape index (κ2) is 10.2. The first-order valence-corrected chi connectivity index (χ1v) is 9.01. The first kappa shape index (κ1) is 23.6. The van der Waals surface area contributed by atoms with Crippen molar-refractivity contribution in [2.75, 3.05) is 6.54 Å². The van der Waals surface area contributed by atoms with Gasteiger partial charge in [0.05, 0.1) is 11.5 Å². The van der Waals surface area contributed by atoms with Crippen LogP contribution in [0.3, 0.4) is 0 Å². The number of nitrogens with zero attached hydrogens (tertiary/aromatic N) is 3. The van der Waals surface area contributed by atoms with Crippen LogP contribution in [0.15, 0.2) is 24.3 Å². The van der Waals surface area contributed by atoms with Crippen LogP contribution in [-0.4, -0.2) is 27.2 Å². The zero-order valence-corrected chi connectivity index (χ0v) is 17.5. The van der Waals surface area contributed by atoms with Gasteiger partial charge in [0.1, 0.15) is 11.4 Å². The van der Waals surface area contributed by atoms with Crippen LogP contribution in [0.5, 0.6) is 0 Å². The van der Waals surface area contributed by atoms with Crippen LogP contribution >= 0.6 is 12.4 Å². The number of carbonyl (C=O) groups is 1. The number of halogens is 1. The van der Waals surface area contributed by atoms with Crippen LogP contribution < -0.4 is 11.1 Å². The summed E-state index contributed by atoms with van der Waals surface area (Å²) in [5.41, 5.74) is 9.17. The van der Waals surface area contributed by atoms with Gasteiger partial charge in [-0.2, -0.15) is 5.10 Å². The number of rotatable bonds is 8. The van der Waals surface area contributed by atoms with E-state index in [9.17, 15) is 14.9 Å². The molecule has 2 rings (SSSR count). The third-order valence-corrected chi connectivity index (χ3v) is 4.63. The molecule has 2 aromatic rings. The van der Waals surface area contributed by atoms with Crippen molar-refractivity contribution in [3.05, 3.63) is 56.9 Å². The van der Waals surface area contributed by atoms with E-state index in [2.05, 4.69) is 36.4 Å². The second-order valence-electron chi connectivity index (χ2n) is 6.98. The molecular weight excluding hydrogens is 382 g/mol. The van der Waals surface area contributed by atoms with Gasteiger partial charge in [-0.25, -0.2) is 0 Å². The molecule has 1 amide bonds. The number of amides is 1. The smallest absolute Gasteiger partial charge is 0.312 e. The van der Waals surface area contributed by atoms with E-state index in [-0.39, 0.29) is 43.0 Å². The molecule has 0 saturated carbocycles. The Kier molecular flexibility index (Phi) is 8.59. The normalized spacial score (nSPS) is 11.8. The summed E-state index contributed by atoms with van der Waals surface area (Å²) in [4.78, 5) is 22.7. The summed E-state index contributed by atoms with van der Waals surface area (Å²) in [6.07, 6.45) is 0.179. The molecule has 0 aliphatic rings. The molecule has 0 aliphatic carbocycles. The molecule has 1 heterocycles. The largest absolute Gasteiger partial charge is 0.354 e. The zero-order valence-electron chi connectivity index (χ0n) is 16.6. The van der Waals surface area contributed by atoms with Crippen LogP contribution in [0.1, 0.15) is 54.7 Å². The highest BCUT2D eigenvalue weighted by Gasteiger charge is 2.21. The van der Waals surface area contributed by atoms with Crippen molar-refractivity contribution in [1.29, 1.82) is 0 Å². The number of nitrogens with two attached hydrogens (primary N) is 1. The predicted octanol–water partition coefficient (Wildman–Crippen LogP) is 3.16. The van der Waals surface area contributed by atoms with Crippen LogP contribution in [-0.2, 0) is 11.3 Å². The number of benzene rings is 1. The minimum atomic E-state index is -0.447. The molecule has 0 aliphatic heterocycles. The summed E-state index contributed by atoms with van der Waals surface area (Å²) in [5.74, 6) is 0.291. The van der Waals surface area contributed by atoms with Crippen LogP contribution in [0, 0.1) is 24.0 Å². The Morgan fingerprint density at radius 1 is 1.25 bits per heavy atom. The van der Waals surface area contributed by atoms with Crippen molar-refractivity contribution >= 4 is 24.0 Å². The lowest BCUT2D eigenvalue weighted by Crippen LogP contribution is -2.32. The third-order valence-electron chi connectivity index (χ3n) is 4.63. The van der Waals surface area contributed by atoms with Gasteiger partial charge in [0.25, 0.3) is 0 Å². The summed E-state index contributed by atoms with van der Waals surface area (Å²) < 4.78 is 1.50. The van der Waals surface area contributed by atoms with E-state index in [1.807, 2.05) is 12.1 Å². The molecule has 1 aromatic carbocycles. The number of carbonyl (C=O) groups excluding carboxylic acids is 1. The fourth-order valence-corrected chi connectivity index (χ4v) is 2.93. The maximum absolute atomic E-state index is 12.1. The Morgan fingerprint density at radius 2 is 1.82 bits per heavy atom. The standard InChI is InChI=1S/C19H27N5O3.ClH/c1-12(2)15-5-7-16(8-6-15)17(20)11-21-18(25)9-10-23-14(4)19(24(26)27)13(3)22-23;/h5-8,12,17H,9-11,20H2,1-4H3,(H,21,25);1H. The number of nitrogens with one attached hydrogen (secondary N) is 1. The molecule has 9 heteroatoms. The molecule has 0 radical (unpaired) electrons. The summed E-state index contributed by atoms with van der Waals surface area (Å²) in [6, 6.07) is 7.79. The Balaban J connectivity index is 0.00000392. The van der Waals surface area contributed by atoms with Crippen molar-refractivity contribution in [2.45, 2.75) is 52.6 Å². The molecule has 8 nitrogen and oxygen atoms in total. The lowest BCUT2D eigenvalue weighted by molar-refractivity contribution is -0.386. The zero-order chi connectivity index (χ0) is 20.1. The van der Waals surface area contributed by atoms with Gasteiger partial charge in [0, 0.05) is 19.0 Å². The maximum atomic E-state index is 12.1. The molecule has 28 heavy (non-hydrogen) atoms. The summed E-state index contributed by atoms with van der Waals surface area (Å²) >= 11 is 0. The van der Waals surface area contributed by atoms with E-state index >= 15 is 0 Å². The lowest BCUT2D eigenvalue weighted by atomic mass is 9.99. The summed E-state index contributed by atoms with van der Waals surface area (Å²) in [6.45, 7) is 8.10. The van der Waals surface area contributed by atoms with Crippen LogP contribution in [0.25, 0.3) is 0 Å². The van der Waals surface area contributed by atoms with Gasteiger partial charge in [0.15, 0.2) is 0 Å². The highest BCUT2D eigenvalue weighted by Crippen LogP contribution is 2.22. The van der Waals surface area contributed by atoms with E-state index in [0.29, 0.717) is 23.9 Å². The lowest BCUT2D eigenvalue weighted by Gasteiger charge is -2.14. The van der Waals surface area contributed by atoms with Crippen molar-refractivity contribution in [3.63, 3.8) is 0 Å². The van der Waals surface area contributed by atoms with E-state index in [1.54, 1.807) is 13.8 Å². The van der Waals surface area contributed by atoms with E-state index < -0.39 is 4.92 Å². The van der Waals surface area contributed by atoms with Crippen molar-refractivity contribution in [3.8, 4) is 0 Å². The Morgan fingerprint density at radius 3 is 2.32 bits per heavy atom. The minimum absolute atomic E-state index is 0. The van der Waals surface area contributed by atoms with E-state index in [0.717, 1.165) is 5.56 Å². The van der Waals surface area contributed by atoms with E-state index in [4.69, 9.17) is 5.73 Å². The third kappa shape index (κ3) is 5.77. The highest BCUT2D eigenvalue weighted by molar-refractivity contribution is 5.85. The predicted molar refractivity (Wildman–Crippen MR) is 111 cm³/mol. The number of hydrogen-bond donors (Lipinski definition) is 2. The highest BCUT2D eigenvalue weighted by atomic mass is 35.5.